The van der Waals surface area contributed by atoms with Gasteiger partial charge in [-0.25, -0.2) is 9.59 Å². The highest BCUT2D eigenvalue weighted by Crippen LogP contribution is 2.39. The van der Waals surface area contributed by atoms with Gasteiger partial charge in [0.1, 0.15) is 5.60 Å². The van der Waals surface area contributed by atoms with Crippen LogP contribution in [0.2, 0.25) is 0 Å². The molecule has 2 aromatic carbocycles. The number of ether oxygens (including phenoxy) is 2. The fourth-order valence-corrected chi connectivity index (χ4v) is 5.53. The summed E-state index contributed by atoms with van der Waals surface area (Å²) in [4.78, 5) is 43.3. The molecule has 9 nitrogen and oxygen atoms in total. The maximum Gasteiger partial charge on any atom is 0.410 e. The molecule has 2 aliphatic heterocycles. The zero-order valence-electron chi connectivity index (χ0n) is 25.4. The van der Waals surface area contributed by atoms with Crippen molar-refractivity contribution in [3.63, 3.8) is 0 Å². The summed E-state index contributed by atoms with van der Waals surface area (Å²) < 4.78 is 10.9. The molecule has 0 radical (unpaired) electrons. The van der Waals surface area contributed by atoms with Crippen molar-refractivity contribution in [2.45, 2.75) is 85.2 Å². The van der Waals surface area contributed by atoms with E-state index in [0.29, 0.717) is 19.5 Å². The number of nitrogens with zero attached hydrogens (tertiary/aromatic N) is 3. The first-order chi connectivity index (χ1) is 19.3. The van der Waals surface area contributed by atoms with Gasteiger partial charge in [-0.2, -0.15) is 0 Å². The van der Waals surface area contributed by atoms with Crippen molar-refractivity contribution in [3.05, 3.63) is 53.6 Å². The van der Waals surface area contributed by atoms with Crippen molar-refractivity contribution in [3.8, 4) is 11.1 Å². The third-order valence-electron chi connectivity index (χ3n) is 7.37. The van der Waals surface area contributed by atoms with E-state index in [1.54, 1.807) is 16.7 Å². The molecule has 4 rings (SSSR count). The summed E-state index contributed by atoms with van der Waals surface area (Å²) in [5.74, 6) is -0.0222. The average molecular weight is 565 g/mol. The van der Waals surface area contributed by atoms with E-state index in [-0.39, 0.29) is 30.2 Å². The van der Waals surface area contributed by atoms with Crippen molar-refractivity contribution in [1.29, 1.82) is 0 Å². The van der Waals surface area contributed by atoms with E-state index in [0.717, 1.165) is 42.0 Å². The topological polar surface area (TPSA) is 91.4 Å². The average Bonchev–Trinajstić information content (AvgIpc) is 2.87. The number of piperazine rings is 1. The molecule has 9 heteroatoms. The summed E-state index contributed by atoms with van der Waals surface area (Å²) in [5.41, 5.74) is 4.51. The van der Waals surface area contributed by atoms with Crippen molar-refractivity contribution in [1.82, 2.24) is 15.1 Å². The first kappa shape index (κ1) is 30.4. The van der Waals surface area contributed by atoms with Crippen LogP contribution in [0.15, 0.2) is 42.5 Å². The van der Waals surface area contributed by atoms with Gasteiger partial charge in [0.2, 0.25) is 5.91 Å². The Balaban J connectivity index is 1.45. The number of carbonyl (C=O) groups is 3. The van der Waals surface area contributed by atoms with Gasteiger partial charge in [0.25, 0.3) is 0 Å². The zero-order valence-corrected chi connectivity index (χ0v) is 25.4. The fourth-order valence-electron chi connectivity index (χ4n) is 5.53. The van der Waals surface area contributed by atoms with E-state index in [1.165, 1.54) is 5.56 Å². The lowest BCUT2D eigenvalue weighted by Crippen LogP contribution is -2.49. The predicted octanol–water partition coefficient (Wildman–Crippen LogP) is 5.73. The van der Waals surface area contributed by atoms with Crippen molar-refractivity contribution in [2.75, 3.05) is 31.1 Å². The van der Waals surface area contributed by atoms with E-state index >= 15 is 0 Å². The molecule has 2 aromatic rings. The number of hydrogen-bond acceptors (Lipinski definition) is 6. The van der Waals surface area contributed by atoms with E-state index in [4.69, 9.17) is 9.47 Å². The van der Waals surface area contributed by atoms with Crippen molar-refractivity contribution >= 4 is 23.8 Å². The van der Waals surface area contributed by atoms with Crippen LogP contribution >= 0.6 is 0 Å². The van der Waals surface area contributed by atoms with Gasteiger partial charge in [-0.3, -0.25) is 9.69 Å². The van der Waals surface area contributed by atoms with Crippen LogP contribution in [0.3, 0.4) is 0 Å². The van der Waals surface area contributed by atoms with E-state index in [1.807, 2.05) is 53.7 Å². The van der Waals surface area contributed by atoms with Crippen LogP contribution in [0.1, 0.15) is 72.1 Å². The molecule has 1 N–H and O–H groups in total. The van der Waals surface area contributed by atoms with Crippen LogP contribution in [0.5, 0.6) is 0 Å². The van der Waals surface area contributed by atoms with Gasteiger partial charge in [0.05, 0.1) is 12.1 Å². The van der Waals surface area contributed by atoms with Gasteiger partial charge in [0, 0.05) is 51.4 Å². The third-order valence-corrected chi connectivity index (χ3v) is 7.37. The number of fused-ring (bicyclic) bond motifs is 1. The highest BCUT2D eigenvalue weighted by atomic mass is 16.6. The summed E-state index contributed by atoms with van der Waals surface area (Å²) >= 11 is 0. The summed E-state index contributed by atoms with van der Waals surface area (Å²) in [6.45, 7) is 16.6. The van der Waals surface area contributed by atoms with Crippen LogP contribution in [-0.2, 0) is 20.8 Å². The quantitative estimate of drug-likeness (QED) is 0.499. The molecular formula is C32H44N4O5. The Morgan fingerprint density at radius 3 is 2.20 bits per heavy atom. The van der Waals surface area contributed by atoms with Crippen LogP contribution in [-0.4, -0.2) is 71.8 Å². The largest absolute Gasteiger partial charge is 0.447 e. The molecule has 2 aliphatic rings. The number of rotatable bonds is 5. The monoisotopic (exact) mass is 564 g/mol. The maximum absolute atomic E-state index is 12.5. The molecule has 0 saturated carbocycles. The number of alkyl carbamates (subject to hydrolysis) is 1. The molecule has 0 spiro atoms. The van der Waals surface area contributed by atoms with Gasteiger partial charge in [-0.05, 0) is 82.3 Å². The number of hydrogen-bond donors (Lipinski definition) is 1. The predicted molar refractivity (Wildman–Crippen MR) is 160 cm³/mol. The highest BCUT2D eigenvalue weighted by Gasteiger charge is 2.34. The number of carbonyl (C=O) groups excluding carboxylic acids is 3. The molecule has 41 heavy (non-hydrogen) atoms. The summed E-state index contributed by atoms with van der Waals surface area (Å²) in [5, 5.41) is 3.01. The van der Waals surface area contributed by atoms with Crippen LogP contribution in [0, 0.1) is 0 Å². The molecular weight excluding hydrogens is 520 g/mol. The molecule has 0 aromatic heterocycles. The minimum absolute atomic E-state index is 0.0222. The first-order valence-corrected chi connectivity index (χ1v) is 14.5. The van der Waals surface area contributed by atoms with Crippen molar-refractivity contribution in [2.24, 2.45) is 0 Å². The lowest BCUT2D eigenvalue weighted by Gasteiger charge is -2.39. The number of amides is 3. The van der Waals surface area contributed by atoms with E-state index in [2.05, 4.69) is 40.5 Å². The Hall–Kier alpha value is -3.59. The van der Waals surface area contributed by atoms with Crippen LogP contribution in [0.4, 0.5) is 15.3 Å². The molecule has 2 heterocycles. The lowest BCUT2D eigenvalue weighted by molar-refractivity contribution is -0.117. The highest BCUT2D eigenvalue weighted by molar-refractivity contribution is 5.94. The minimum Gasteiger partial charge on any atom is -0.447 e. The molecule has 1 saturated heterocycles. The fraction of sp³-hybridized carbons (Fsp3) is 0.531. The Morgan fingerprint density at radius 1 is 0.976 bits per heavy atom. The van der Waals surface area contributed by atoms with Crippen LogP contribution in [0.25, 0.3) is 11.1 Å². The molecule has 0 aliphatic carbocycles. The Kier molecular flexibility index (Phi) is 9.27. The Morgan fingerprint density at radius 2 is 1.61 bits per heavy atom. The van der Waals surface area contributed by atoms with Gasteiger partial charge >= 0.3 is 12.2 Å². The maximum atomic E-state index is 12.5. The third kappa shape index (κ3) is 7.79. The Bertz CT molecular complexity index is 1250. The van der Waals surface area contributed by atoms with E-state index < -0.39 is 11.7 Å². The minimum atomic E-state index is -0.490. The Labute approximate surface area is 243 Å². The number of nitrogens with one attached hydrogen (secondary N) is 1. The summed E-state index contributed by atoms with van der Waals surface area (Å²) in [7, 11) is 0. The van der Waals surface area contributed by atoms with Gasteiger partial charge in [-0.15, -0.1) is 0 Å². The normalized spacial score (nSPS) is 19.5. The van der Waals surface area contributed by atoms with Crippen LogP contribution < -0.4 is 10.2 Å². The summed E-state index contributed by atoms with van der Waals surface area (Å²) in [6.07, 6.45) is -0.325. The van der Waals surface area contributed by atoms with Gasteiger partial charge < -0.3 is 24.6 Å². The first-order valence-electron chi connectivity index (χ1n) is 14.5. The zero-order chi connectivity index (χ0) is 29.9. The molecule has 0 unspecified atom stereocenters. The second-order valence-corrected chi connectivity index (χ2v) is 12.3. The molecule has 1 fully saturated rings. The van der Waals surface area contributed by atoms with E-state index in [9.17, 15) is 14.4 Å². The molecule has 3 amide bonds. The molecule has 222 valence electrons. The molecule has 0 bridgehead atoms. The second-order valence-electron chi connectivity index (χ2n) is 12.3. The summed E-state index contributed by atoms with van der Waals surface area (Å²) in [6, 6.07) is 14.2. The van der Waals surface area contributed by atoms with Gasteiger partial charge in [-0.1, -0.05) is 30.3 Å². The number of benzene rings is 2. The molecule has 2 atom stereocenters. The standard InChI is InChI=1S/C32H44N4O5/c1-21(2)40-30(38)33-28-18-22(3)36(23(4)37)29-13-12-26(19-27(28)29)25-10-8-24(9-11-25)20-34-14-16-35(17-15-34)31(39)41-32(5,6)7/h8-13,19,21-22,28H,14-18,20H2,1-7H3,(H,33,38)/t22-,28+/m0/s1. The SMILES string of the molecule is CC(=O)N1c2ccc(-c3ccc(CN4CCN(C(=O)OC(C)(C)C)CC4)cc3)cc2[C@H](NC(=O)OC(C)C)C[C@@H]1C. The van der Waals surface area contributed by atoms with Gasteiger partial charge in [0.15, 0.2) is 0 Å². The second kappa shape index (κ2) is 12.5. The number of anilines is 1. The smallest absolute Gasteiger partial charge is 0.410 e. The lowest BCUT2D eigenvalue weighted by atomic mass is 9.89. The van der Waals surface area contributed by atoms with Crippen molar-refractivity contribution < 1.29 is 23.9 Å².